The third kappa shape index (κ3) is 6.57. The van der Waals surface area contributed by atoms with Crippen molar-refractivity contribution >= 4 is 34.1 Å². The molecule has 2 fully saturated rings. The summed E-state index contributed by atoms with van der Waals surface area (Å²) in [5, 5.41) is 6.54. The number of nitrogens with one attached hydrogen (secondary N) is 2. The first kappa shape index (κ1) is 28.6. The van der Waals surface area contributed by atoms with Gasteiger partial charge in [0.25, 0.3) is 11.5 Å². The molecule has 3 aliphatic rings. The molecule has 1 amide bonds. The number of halogens is 1. The van der Waals surface area contributed by atoms with Crippen molar-refractivity contribution in [3.63, 3.8) is 0 Å². The summed E-state index contributed by atoms with van der Waals surface area (Å²) in [5.41, 5.74) is 3.20. The number of likely N-dealkylation sites (tertiary alicyclic amines) is 2. The second-order valence-corrected chi connectivity index (χ2v) is 11.8. The molecule has 0 saturated carbocycles. The van der Waals surface area contributed by atoms with Gasteiger partial charge in [-0.1, -0.05) is 12.1 Å². The van der Waals surface area contributed by atoms with Crippen LogP contribution in [0.15, 0.2) is 41.2 Å². The highest BCUT2D eigenvalue weighted by Gasteiger charge is 2.22. The van der Waals surface area contributed by atoms with Crippen molar-refractivity contribution in [1.82, 2.24) is 24.7 Å². The predicted molar refractivity (Wildman–Crippen MR) is 166 cm³/mol. The van der Waals surface area contributed by atoms with E-state index in [2.05, 4.69) is 20.4 Å². The second-order valence-electron chi connectivity index (χ2n) is 11.8. The van der Waals surface area contributed by atoms with E-state index in [1.807, 2.05) is 30.3 Å². The fourth-order valence-electron chi connectivity index (χ4n) is 6.39. The van der Waals surface area contributed by atoms with Crippen LogP contribution < -0.4 is 16.2 Å². The summed E-state index contributed by atoms with van der Waals surface area (Å²) >= 11 is 0. The maximum atomic E-state index is 14.9. The normalized spacial score (nSPS) is 18.3. The van der Waals surface area contributed by atoms with Crippen LogP contribution in [0.25, 0.3) is 22.6 Å². The summed E-state index contributed by atoms with van der Waals surface area (Å²) in [6, 6.07) is 10.5. The molecule has 222 valence electrons. The van der Waals surface area contributed by atoms with Crippen LogP contribution in [-0.4, -0.2) is 77.6 Å². The standard InChI is InChI=1S/C33H41FN6O2/c34-28-22-27-29(23-30(28)35-12-5-18-38-14-1-2-15-38)37-31-26(11-20-40(31)33(27)42)21-24-7-9-25(10-8-24)32(41)36-13-6-19-39-16-3-4-17-39/h7-10,21-23,35H,1-6,11-20H2,(H,36,41)/b26-21+. The first-order valence-electron chi connectivity index (χ1n) is 15.6. The Morgan fingerprint density at radius 2 is 1.57 bits per heavy atom. The van der Waals surface area contributed by atoms with Crippen LogP contribution in [0.2, 0.25) is 0 Å². The van der Waals surface area contributed by atoms with Crippen molar-refractivity contribution in [3.8, 4) is 0 Å². The summed E-state index contributed by atoms with van der Waals surface area (Å²) in [7, 11) is 0. The lowest BCUT2D eigenvalue weighted by Gasteiger charge is -2.15. The van der Waals surface area contributed by atoms with Crippen molar-refractivity contribution in [2.24, 2.45) is 0 Å². The number of hydrogen-bond donors (Lipinski definition) is 2. The highest BCUT2D eigenvalue weighted by molar-refractivity contribution is 5.94. The van der Waals surface area contributed by atoms with Crippen LogP contribution in [-0.2, 0) is 6.54 Å². The van der Waals surface area contributed by atoms with Crippen molar-refractivity contribution < 1.29 is 9.18 Å². The fourth-order valence-corrected chi connectivity index (χ4v) is 6.39. The largest absolute Gasteiger partial charge is 0.383 e. The number of anilines is 1. The third-order valence-corrected chi connectivity index (χ3v) is 8.75. The van der Waals surface area contributed by atoms with Crippen LogP contribution in [0.5, 0.6) is 0 Å². The molecule has 0 radical (unpaired) electrons. The molecule has 1 aromatic heterocycles. The smallest absolute Gasteiger partial charge is 0.261 e. The molecule has 42 heavy (non-hydrogen) atoms. The molecule has 0 unspecified atom stereocenters. The molecular weight excluding hydrogens is 531 g/mol. The molecule has 0 spiro atoms. The molecule has 9 heteroatoms. The molecule has 0 bridgehead atoms. The lowest BCUT2D eigenvalue weighted by Crippen LogP contribution is -2.28. The van der Waals surface area contributed by atoms with Crippen molar-refractivity contribution in [2.75, 3.05) is 57.7 Å². The molecule has 2 aromatic carbocycles. The Hall–Kier alpha value is -3.56. The minimum atomic E-state index is -0.424. The Morgan fingerprint density at radius 3 is 2.26 bits per heavy atom. The maximum Gasteiger partial charge on any atom is 0.261 e. The number of amides is 1. The molecule has 2 N–H and O–H groups in total. The average Bonchev–Trinajstić information content (AvgIpc) is 3.78. The molecule has 2 saturated heterocycles. The number of rotatable bonds is 11. The summed E-state index contributed by atoms with van der Waals surface area (Å²) in [4.78, 5) is 35.6. The Bertz CT molecular complexity index is 1500. The first-order chi connectivity index (χ1) is 20.5. The Balaban J connectivity index is 1.11. The number of benzene rings is 2. The van der Waals surface area contributed by atoms with E-state index < -0.39 is 5.82 Å². The molecule has 0 aliphatic carbocycles. The van der Waals surface area contributed by atoms with Crippen LogP contribution in [0.1, 0.15) is 66.7 Å². The van der Waals surface area contributed by atoms with E-state index in [1.165, 1.54) is 44.8 Å². The zero-order valence-corrected chi connectivity index (χ0v) is 24.3. The van der Waals surface area contributed by atoms with E-state index in [1.54, 1.807) is 10.6 Å². The first-order valence-corrected chi connectivity index (χ1v) is 15.6. The van der Waals surface area contributed by atoms with Crippen molar-refractivity contribution in [3.05, 3.63) is 69.5 Å². The minimum Gasteiger partial charge on any atom is -0.383 e. The highest BCUT2D eigenvalue weighted by Crippen LogP contribution is 2.29. The van der Waals surface area contributed by atoms with Gasteiger partial charge in [-0.15, -0.1) is 0 Å². The van der Waals surface area contributed by atoms with Gasteiger partial charge in [-0.25, -0.2) is 9.37 Å². The van der Waals surface area contributed by atoms with Gasteiger partial charge in [-0.3, -0.25) is 14.2 Å². The van der Waals surface area contributed by atoms with E-state index in [4.69, 9.17) is 4.98 Å². The van der Waals surface area contributed by atoms with Crippen molar-refractivity contribution in [2.45, 2.75) is 51.5 Å². The molecule has 0 atom stereocenters. The summed E-state index contributed by atoms with van der Waals surface area (Å²) in [6.07, 6.45) is 9.66. The molecule has 8 nitrogen and oxygen atoms in total. The van der Waals surface area contributed by atoms with Crippen LogP contribution >= 0.6 is 0 Å². The molecular formula is C33H41FN6O2. The van der Waals surface area contributed by atoms with E-state index in [9.17, 15) is 14.0 Å². The number of fused-ring (bicyclic) bond motifs is 2. The fraction of sp³-hybridized carbons (Fsp3) is 0.485. The highest BCUT2D eigenvalue weighted by atomic mass is 19.1. The number of aromatic nitrogens is 2. The number of carbonyl (C=O) groups is 1. The summed E-state index contributed by atoms with van der Waals surface area (Å²) in [5.74, 6) is 0.140. The van der Waals surface area contributed by atoms with Crippen LogP contribution in [0.4, 0.5) is 10.1 Å². The Labute approximate surface area is 246 Å². The predicted octanol–water partition coefficient (Wildman–Crippen LogP) is 4.59. The van der Waals surface area contributed by atoms with Gasteiger partial charge in [-0.2, -0.15) is 0 Å². The maximum absolute atomic E-state index is 14.9. The van der Waals surface area contributed by atoms with Crippen molar-refractivity contribution in [1.29, 1.82) is 0 Å². The average molecular weight is 573 g/mol. The lowest BCUT2D eigenvalue weighted by molar-refractivity contribution is 0.0952. The number of nitrogens with zero attached hydrogens (tertiary/aromatic N) is 4. The van der Waals surface area contributed by atoms with Gasteiger partial charge in [0.05, 0.1) is 16.6 Å². The lowest BCUT2D eigenvalue weighted by atomic mass is 10.1. The molecule has 3 aliphatic heterocycles. The van der Waals surface area contributed by atoms with Gasteiger partial charge >= 0.3 is 0 Å². The van der Waals surface area contributed by atoms with Gasteiger partial charge in [0.15, 0.2) is 0 Å². The Kier molecular flexibility index (Phi) is 8.95. The van der Waals surface area contributed by atoms with E-state index in [0.29, 0.717) is 54.0 Å². The zero-order valence-electron chi connectivity index (χ0n) is 24.3. The van der Waals surface area contributed by atoms with E-state index in [0.717, 1.165) is 50.2 Å². The van der Waals surface area contributed by atoms with E-state index >= 15 is 0 Å². The third-order valence-electron chi connectivity index (χ3n) is 8.75. The zero-order chi connectivity index (χ0) is 28.9. The summed E-state index contributed by atoms with van der Waals surface area (Å²) in [6.45, 7) is 8.54. The molecule has 4 heterocycles. The number of hydrogen-bond acceptors (Lipinski definition) is 6. The minimum absolute atomic E-state index is 0.0609. The Morgan fingerprint density at radius 1 is 0.905 bits per heavy atom. The van der Waals surface area contributed by atoms with Gasteiger partial charge in [0.2, 0.25) is 0 Å². The van der Waals surface area contributed by atoms with Gasteiger partial charge in [-0.05, 0) is 126 Å². The topological polar surface area (TPSA) is 82.5 Å². The van der Waals surface area contributed by atoms with Gasteiger partial charge < -0.3 is 20.4 Å². The quantitative estimate of drug-likeness (QED) is 0.327. The second kappa shape index (κ2) is 13.2. The molecule has 3 aromatic rings. The van der Waals surface area contributed by atoms with Gasteiger partial charge in [0.1, 0.15) is 11.6 Å². The molecule has 6 rings (SSSR count). The summed E-state index contributed by atoms with van der Waals surface area (Å²) < 4.78 is 16.5. The van der Waals surface area contributed by atoms with Crippen LogP contribution in [0, 0.1) is 5.82 Å². The van der Waals surface area contributed by atoms with E-state index in [-0.39, 0.29) is 11.5 Å². The number of carbonyl (C=O) groups excluding carboxylic acids is 1. The number of allylic oxidation sites excluding steroid dienone is 1. The monoisotopic (exact) mass is 572 g/mol. The van der Waals surface area contributed by atoms with Gasteiger partial charge in [0, 0.05) is 25.2 Å². The SMILES string of the molecule is O=C(NCCCN1CCCC1)c1ccc(/C=C2\CCn3c2nc2cc(NCCCN4CCCC4)c(F)cc2c3=O)cc1. The van der Waals surface area contributed by atoms with Crippen LogP contribution in [0.3, 0.4) is 0 Å².